The summed E-state index contributed by atoms with van der Waals surface area (Å²) in [5.41, 5.74) is 2.71. The molecule has 0 bridgehead atoms. The Labute approximate surface area is 111 Å². The molecule has 1 nitrogen and oxygen atoms in total. The van der Waals surface area contributed by atoms with Crippen molar-refractivity contribution in [3.8, 4) is 0 Å². The zero-order chi connectivity index (χ0) is 13.1. The summed E-state index contributed by atoms with van der Waals surface area (Å²) in [4.78, 5) is 0. The third-order valence-electron chi connectivity index (χ3n) is 2.84. The second-order valence-electron chi connectivity index (χ2n) is 4.38. The molecule has 2 aromatic rings. The Kier molecular flexibility index (Phi) is 4.00. The minimum Gasteiger partial charge on any atom is -0.388 e. The SMILES string of the molecule is Cc1cccc(CC(O)c2ccc(Cl)c(F)c2)c1. The van der Waals surface area contributed by atoms with E-state index in [1.165, 1.54) is 12.1 Å². The lowest BCUT2D eigenvalue weighted by molar-refractivity contribution is 0.178. The van der Waals surface area contributed by atoms with Crippen molar-refractivity contribution < 1.29 is 9.50 Å². The van der Waals surface area contributed by atoms with Crippen LogP contribution in [0.1, 0.15) is 22.8 Å². The quantitative estimate of drug-likeness (QED) is 0.886. The summed E-state index contributed by atoms with van der Waals surface area (Å²) in [5, 5.41) is 10.1. The van der Waals surface area contributed by atoms with E-state index >= 15 is 0 Å². The molecule has 94 valence electrons. The molecule has 0 amide bonds. The van der Waals surface area contributed by atoms with Gasteiger partial charge in [-0.05, 0) is 30.2 Å². The van der Waals surface area contributed by atoms with Crippen molar-refractivity contribution in [1.82, 2.24) is 0 Å². The van der Waals surface area contributed by atoms with Crippen LogP contribution in [0.3, 0.4) is 0 Å². The fourth-order valence-electron chi connectivity index (χ4n) is 1.90. The van der Waals surface area contributed by atoms with Crippen molar-refractivity contribution in [3.05, 3.63) is 70.0 Å². The standard InChI is InChI=1S/C15H14ClFO/c1-10-3-2-4-11(7-10)8-15(18)12-5-6-13(16)14(17)9-12/h2-7,9,15,18H,8H2,1H3. The van der Waals surface area contributed by atoms with Crippen molar-refractivity contribution in [3.63, 3.8) is 0 Å². The highest BCUT2D eigenvalue weighted by atomic mass is 35.5. The maximum atomic E-state index is 13.3. The van der Waals surface area contributed by atoms with Crippen LogP contribution in [0.5, 0.6) is 0 Å². The molecule has 0 aliphatic carbocycles. The molecule has 0 aromatic heterocycles. The van der Waals surface area contributed by atoms with Crippen LogP contribution in [0.15, 0.2) is 42.5 Å². The van der Waals surface area contributed by atoms with Gasteiger partial charge in [0.25, 0.3) is 0 Å². The molecule has 0 saturated heterocycles. The fraction of sp³-hybridized carbons (Fsp3) is 0.200. The summed E-state index contributed by atoms with van der Waals surface area (Å²) < 4.78 is 13.3. The third-order valence-corrected chi connectivity index (χ3v) is 3.15. The maximum absolute atomic E-state index is 13.3. The second kappa shape index (κ2) is 5.51. The summed E-state index contributed by atoms with van der Waals surface area (Å²) in [6, 6.07) is 12.3. The summed E-state index contributed by atoms with van der Waals surface area (Å²) in [6.07, 6.45) is -0.262. The number of hydrogen-bond donors (Lipinski definition) is 1. The van der Waals surface area contributed by atoms with E-state index in [0.29, 0.717) is 12.0 Å². The molecule has 1 atom stereocenters. The van der Waals surface area contributed by atoms with Crippen LogP contribution in [-0.2, 0) is 6.42 Å². The van der Waals surface area contributed by atoms with Gasteiger partial charge in [-0.2, -0.15) is 0 Å². The Morgan fingerprint density at radius 3 is 2.67 bits per heavy atom. The van der Waals surface area contributed by atoms with Crippen molar-refractivity contribution in [1.29, 1.82) is 0 Å². The highest BCUT2D eigenvalue weighted by Crippen LogP contribution is 2.23. The molecule has 0 heterocycles. The highest BCUT2D eigenvalue weighted by Gasteiger charge is 2.11. The molecule has 1 unspecified atom stereocenters. The molecule has 2 rings (SSSR count). The molecule has 3 heteroatoms. The van der Waals surface area contributed by atoms with Crippen molar-refractivity contribution in [2.45, 2.75) is 19.4 Å². The predicted molar refractivity (Wildman–Crippen MR) is 71.3 cm³/mol. The molecule has 18 heavy (non-hydrogen) atoms. The van der Waals surface area contributed by atoms with Crippen LogP contribution in [0, 0.1) is 12.7 Å². The molecule has 2 aromatic carbocycles. The van der Waals surface area contributed by atoms with Crippen LogP contribution < -0.4 is 0 Å². The first kappa shape index (κ1) is 13.1. The average Bonchev–Trinajstić information content (AvgIpc) is 2.32. The van der Waals surface area contributed by atoms with Crippen LogP contribution in [0.25, 0.3) is 0 Å². The van der Waals surface area contributed by atoms with Crippen molar-refractivity contribution >= 4 is 11.6 Å². The van der Waals surface area contributed by atoms with E-state index < -0.39 is 11.9 Å². The molecular weight excluding hydrogens is 251 g/mol. The molecule has 1 N–H and O–H groups in total. The second-order valence-corrected chi connectivity index (χ2v) is 4.79. The molecule has 0 aliphatic heterocycles. The van der Waals surface area contributed by atoms with E-state index in [-0.39, 0.29) is 5.02 Å². The maximum Gasteiger partial charge on any atom is 0.142 e. The van der Waals surface area contributed by atoms with Crippen LogP contribution in [0.2, 0.25) is 5.02 Å². The number of hydrogen-bond acceptors (Lipinski definition) is 1. The Morgan fingerprint density at radius 2 is 2.00 bits per heavy atom. The number of aliphatic hydroxyl groups is 1. The molecule has 0 radical (unpaired) electrons. The normalized spacial score (nSPS) is 12.4. The third kappa shape index (κ3) is 3.09. The van der Waals surface area contributed by atoms with Gasteiger partial charge in [0.05, 0.1) is 11.1 Å². The Hall–Kier alpha value is -1.38. The monoisotopic (exact) mass is 264 g/mol. The Bertz CT molecular complexity index is 554. The number of rotatable bonds is 3. The predicted octanol–water partition coefficient (Wildman–Crippen LogP) is 4.06. The lowest BCUT2D eigenvalue weighted by Gasteiger charge is -2.12. The van der Waals surface area contributed by atoms with Crippen LogP contribution >= 0.6 is 11.6 Å². The average molecular weight is 265 g/mol. The summed E-state index contributed by atoms with van der Waals surface area (Å²) in [5.74, 6) is -0.502. The van der Waals surface area contributed by atoms with E-state index in [4.69, 9.17) is 11.6 Å². The summed E-state index contributed by atoms with van der Waals surface area (Å²) in [7, 11) is 0. The topological polar surface area (TPSA) is 20.2 Å². The zero-order valence-corrected chi connectivity index (χ0v) is 10.8. The Balaban J connectivity index is 2.16. The van der Waals surface area contributed by atoms with Gasteiger partial charge in [0.2, 0.25) is 0 Å². The van der Waals surface area contributed by atoms with Gasteiger partial charge in [-0.15, -0.1) is 0 Å². The first-order valence-electron chi connectivity index (χ1n) is 5.75. The molecule has 0 fully saturated rings. The van der Waals surface area contributed by atoms with E-state index in [1.54, 1.807) is 6.07 Å². The van der Waals surface area contributed by atoms with Gasteiger partial charge in [-0.1, -0.05) is 47.5 Å². The van der Waals surface area contributed by atoms with Crippen molar-refractivity contribution in [2.24, 2.45) is 0 Å². The first-order valence-corrected chi connectivity index (χ1v) is 6.12. The van der Waals surface area contributed by atoms with E-state index in [1.807, 2.05) is 31.2 Å². The number of aliphatic hydroxyl groups excluding tert-OH is 1. The van der Waals surface area contributed by atoms with Gasteiger partial charge in [0.15, 0.2) is 0 Å². The minimum absolute atomic E-state index is 0.0708. The number of benzene rings is 2. The van der Waals surface area contributed by atoms with E-state index in [0.717, 1.165) is 11.1 Å². The van der Waals surface area contributed by atoms with Gasteiger partial charge in [0.1, 0.15) is 5.82 Å². The zero-order valence-electron chi connectivity index (χ0n) is 10.0. The van der Waals surface area contributed by atoms with E-state index in [9.17, 15) is 9.50 Å². The van der Waals surface area contributed by atoms with Gasteiger partial charge in [-0.3, -0.25) is 0 Å². The lowest BCUT2D eigenvalue weighted by atomic mass is 10.0. The van der Waals surface area contributed by atoms with E-state index in [2.05, 4.69) is 0 Å². The highest BCUT2D eigenvalue weighted by molar-refractivity contribution is 6.30. The lowest BCUT2D eigenvalue weighted by Crippen LogP contribution is -2.02. The van der Waals surface area contributed by atoms with Gasteiger partial charge >= 0.3 is 0 Å². The van der Waals surface area contributed by atoms with Crippen molar-refractivity contribution in [2.75, 3.05) is 0 Å². The largest absolute Gasteiger partial charge is 0.388 e. The van der Waals surface area contributed by atoms with Gasteiger partial charge in [0, 0.05) is 6.42 Å². The fourth-order valence-corrected chi connectivity index (χ4v) is 2.02. The summed E-state index contributed by atoms with van der Waals surface area (Å²) >= 11 is 5.61. The van der Waals surface area contributed by atoms with Gasteiger partial charge < -0.3 is 5.11 Å². The van der Waals surface area contributed by atoms with Crippen LogP contribution in [-0.4, -0.2) is 5.11 Å². The molecular formula is C15H14ClFO. The molecule has 0 aliphatic rings. The molecule has 0 saturated carbocycles. The van der Waals surface area contributed by atoms with Crippen LogP contribution in [0.4, 0.5) is 4.39 Å². The smallest absolute Gasteiger partial charge is 0.142 e. The first-order chi connectivity index (χ1) is 8.56. The molecule has 0 spiro atoms. The number of halogens is 2. The Morgan fingerprint density at radius 1 is 1.22 bits per heavy atom. The minimum atomic E-state index is -0.724. The van der Waals surface area contributed by atoms with Gasteiger partial charge in [-0.25, -0.2) is 4.39 Å². The number of aryl methyl sites for hydroxylation is 1. The summed E-state index contributed by atoms with van der Waals surface area (Å²) in [6.45, 7) is 2.00.